The fraction of sp³-hybridized carbons (Fsp3) is 0.200. The number of hydrogen-bond donors (Lipinski definition) is 1. The summed E-state index contributed by atoms with van der Waals surface area (Å²) >= 11 is 9.16. The van der Waals surface area contributed by atoms with E-state index in [2.05, 4.69) is 15.9 Å². The summed E-state index contributed by atoms with van der Waals surface area (Å²) in [6, 6.07) is 9.92. The maximum Gasteiger partial charge on any atom is 0.137 e. The average molecular weight is 359 g/mol. The lowest BCUT2D eigenvalue weighted by molar-refractivity contribution is 0.408. The molecular weight excluding hydrogens is 345 g/mol. The SMILES string of the molecule is COc1ccc(Cl)cc1CC(N)c1ccc(F)c(Br)c1. The molecule has 0 aliphatic carbocycles. The van der Waals surface area contributed by atoms with Crippen molar-refractivity contribution in [3.8, 4) is 5.75 Å². The van der Waals surface area contributed by atoms with Gasteiger partial charge in [-0.3, -0.25) is 0 Å². The maximum absolute atomic E-state index is 13.2. The number of benzene rings is 2. The topological polar surface area (TPSA) is 35.2 Å². The predicted octanol–water partition coefficient (Wildman–Crippen LogP) is 4.49. The minimum Gasteiger partial charge on any atom is -0.496 e. The van der Waals surface area contributed by atoms with Gasteiger partial charge in [-0.1, -0.05) is 17.7 Å². The van der Waals surface area contributed by atoms with E-state index in [1.54, 1.807) is 25.3 Å². The van der Waals surface area contributed by atoms with E-state index in [-0.39, 0.29) is 11.9 Å². The molecule has 20 heavy (non-hydrogen) atoms. The van der Waals surface area contributed by atoms with E-state index in [1.807, 2.05) is 12.1 Å². The summed E-state index contributed by atoms with van der Waals surface area (Å²) in [6.07, 6.45) is 0.557. The Morgan fingerprint density at radius 2 is 2.05 bits per heavy atom. The highest BCUT2D eigenvalue weighted by molar-refractivity contribution is 9.10. The fourth-order valence-electron chi connectivity index (χ4n) is 2.00. The second kappa shape index (κ2) is 6.57. The summed E-state index contributed by atoms with van der Waals surface area (Å²) in [5.74, 6) is 0.437. The van der Waals surface area contributed by atoms with Gasteiger partial charge in [0.2, 0.25) is 0 Å². The summed E-state index contributed by atoms with van der Waals surface area (Å²) in [5.41, 5.74) is 7.95. The quantitative estimate of drug-likeness (QED) is 0.874. The smallest absolute Gasteiger partial charge is 0.137 e. The lowest BCUT2D eigenvalue weighted by Gasteiger charge is -2.15. The highest BCUT2D eigenvalue weighted by Crippen LogP contribution is 2.28. The maximum atomic E-state index is 13.2. The van der Waals surface area contributed by atoms with E-state index < -0.39 is 0 Å². The van der Waals surface area contributed by atoms with Crippen LogP contribution in [0, 0.1) is 5.82 Å². The first-order valence-corrected chi connectivity index (χ1v) is 7.21. The fourth-order valence-corrected chi connectivity index (χ4v) is 2.60. The van der Waals surface area contributed by atoms with E-state index in [9.17, 15) is 4.39 Å². The van der Waals surface area contributed by atoms with Gasteiger partial charge in [-0.25, -0.2) is 4.39 Å². The number of ether oxygens (including phenoxy) is 1. The van der Waals surface area contributed by atoms with Crippen molar-refractivity contribution in [1.82, 2.24) is 0 Å². The van der Waals surface area contributed by atoms with Crippen LogP contribution in [-0.4, -0.2) is 7.11 Å². The Morgan fingerprint density at radius 3 is 2.70 bits per heavy atom. The van der Waals surface area contributed by atoms with Crippen LogP contribution >= 0.6 is 27.5 Å². The Kier molecular flexibility index (Phi) is 5.02. The van der Waals surface area contributed by atoms with Gasteiger partial charge in [-0.05, 0) is 63.8 Å². The van der Waals surface area contributed by atoms with Crippen molar-refractivity contribution in [2.75, 3.05) is 7.11 Å². The first-order valence-electron chi connectivity index (χ1n) is 6.04. The van der Waals surface area contributed by atoms with Crippen molar-refractivity contribution in [3.05, 3.63) is 62.8 Å². The summed E-state index contributed by atoms with van der Waals surface area (Å²) in [7, 11) is 1.60. The first-order chi connectivity index (χ1) is 9.51. The Labute approximate surface area is 130 Å². The molecule has 0 aromatic heterocycles. The number of halogens is 3. The summed E-state index contributed by atoms with van der Waals surface area (Å²) in [5, 5.41) is 0.633. The molecule has 2 nitrogen and oxygen atoms in total. The highest BCUT2D eigenvalue weighted by Gasteiger charge is 2.13. The zero-order valence-corrected chi connectivity index (χ0v) is 13.2. The van der Waals surface area contributed by atoms with Crippen LogP contribution in [0.15, 0.2) is 40.9 Å². The molecule has 2 rings (SSSR count). The van der Waals surface area contributed by atoms with Crippen molar-refractivity contribution < 1.29 is 9.13 Å². The molecular formula is C15H14BrClFNO. The van der Waals surface area contributed by atoms with E-state index in [1.165, 1.54) is 6.07 Å². The van der Waals surface area contributed by atoms with Crippen LogP contribution in [0.3, 0.4) is 0 Å². The van der Waals surface area contributed by atoms with Crippen molar-refractivity contribution in [2.24, 2.45) is 5.73 Å². The van der Waals surface area contributed by atoms with E-state index in [4.69, 9.17) is 22.1 Å². The average Bonchev–Trinajstić information content (AvgIpc) is 2.42. The van der Waals surface area contributed by atoms with Crippen molar-refractivity contribution in [2.45, 2.75) is 12.5 Å². The molecule has 5 heteroatoms. The van der Waals surface area contributed by atoms with Gasteiger partial charge in [0.1, 0.15) is 11.6 Å². The van der Waals surface area contributed by atoms with Gasteiger partial charge in [0, 0.05) is 11.1 Å². The third-order valence-electron chi connectivity index (χ3n) is 3.05. The molecule has 0 aliphatic rings. The van der Waals surface area contributed by atoms with Gasteiger partial charge in [0.15, 0.2) is 0 Å². The third kappa shape index (κ3) is 3.51. The Bertz CT molecular complexity index is 621. The van der Waals surface area contributed by atoms with Gasteiger partial charge in [-0.2, -0.15) is 0 Å². The number of hydrogen-bond acceptors (Lipinski definition) is 2. The van der Waals surface area contributed by atoms with Gasteiger partial charge in [0.05, 0.1) is 11.6 Å². The molecule has 1 atom stereocenters. The lowest BCUT2D eigenvalue weighted by Crippen LogP contribution is -2.14. The second-order valence-corrected chi connectivity index (χ2v) is 5.73. The summed E-state index contributed by atoms with van der Waals surface area (Å²) in [6.45, 7) is 0. The third-order valence-corrected chi connectivity index (χ3v) is 3.90. The minimum atomic E-state index is -0.304. The van der Waals surface area contributed by atoms with Crippen LogP contribution in [0.2, 0.25) is 5.02 Å². The van der Waals surface area contributed by atoms with E-state index in [0.29, 0.717) is 15.9 Å². The molecule has 0 spiro atoms. The molecule has 0 heterocycles. The normalized spacial score (nSPS) is 12.2. The Hall–Kier alpha value is -1.10. The predicted molar refractivity (Wildman–Crippen MR) is 82.7 cm³/mol. The van der Waals surface area contributed by atoms with Crippen LogP contribution in [-0.2, 0) is 6.42 Å². The molecule has 106 valence electrons. The molecule has 0 bridgehead atoms. The van der Waals surface area contributed by atoms with E-state index >= 15 is 0 Å². The van der Waals surface area contributed by atoms with Crippen molar-refractivity contribution in [3.63, 3.8) is 0 Å². The standard InChI is InChI=1S/C15H14BrClFNO/c1-20-15-5-3-11(17)6-10(15)8-14(19)9-2-4-13(18)12(16)7-9/h2-7,14H,8,19H2,1H3. The number of nitrogens with two attached hydrogens (primary N) is 1. The molecule has 0 saturated heterocycles. The molecule has 0 amide bonds. The van der Waals surface area contributed by atoms with Crippen LogP contribution in [0.5, 0.6) is 5.75 Å². The van der Waals surface area contributed by atoms with E-state index in [0.717, 1.165) is 16.9 Å². The van der Waals surface area contributed by atoms with Crippen LogP contribution in [0.1, 0.15) is 17.2 Å². The zero-order valence-electron chi connectivity index (χ0n) is 10.9. The van der Waals surface area contributed by atoms with Crippen LogP contribution in [0.4, 0.5) is 4.39 Å². The Balaban J connectivity index is 2.24. The largest absolute Gasteiger partial charge is 0.496 e. The summed E-state index contributed by atoms with van der Waals surface area (Å²) in [4.78, 5) is 0. The molecule has 0 radical (unpaired) electrons. The molecule has 2 N–H and O–H groups in total. The van der Waals surface area contributed by atoms with Gasteiger partial charge >= 0.3 is 0 Å². The van der Waals surface area contributed by atoms with Crippen LogP contribution < -0.4 is 10.5 Å². The van der Waals surface area contributed by atoms with Gasteiger partial charge in [-0.15, -0.1) is 0 Å². The monoisotopic (exact) mass is 357 g/mol. The Morgan fingerprint density at radius 1 is 1.30 bits per heavy atom. The molecule has 2 aromatic carbocycles. The van der Waals surface area contributed by atoms with Crippen molar-refractivity contribution in [1.29, 1.82) is 0 Å². The first kappa shape index (κ1) is 15.3. The van der Waals surface area contributed by atoms with Crippen LogP contribution in [0.25, 0.3) is 0 Å². The molecule has 0 fully saturated rings. The molecule has 2 aromatic rings. The van der Waals surface area contributed by atoms with Gasteiger partial charge in [0.25, 0.3) is 0 Å². The second-order valence-electron chi connectivity index (χ2n) is 4.44. The molecule has 0 saturated carbocycles. The minimum absolute atomic E-state index is 0.265. The lowest BCUT2D eigenvalue weighted by atomic mass is 9.99. The number of methoxy groups -OCH3 is 1. The zero-order chi connectivity index (χ0) is 14.7. The summed E-state index contributed by atoms with van der Waals surface area (Å²) < 4.78 is 18.9. The molecule has 0 aliphatic heterocycles. The van der Waals surface area contributed by atoms with Gasteiger partial charge < -0.3 is 10.5 Å². The highest BCUT2D eigenvalue weighted by atomic mass is 79.9. The molecule has 1 unspecified atom stereocenters. The van der Waals surface area contributed by atoms with Crippen molar-refractivity contribution >= 4 is 27.5 Å². The number of rotatable bonds is 4.